The smallest absolute Gasteiger partial charge is 0.310 e. The molecule has 3 rings (SSSR count). The Balaban J connectivity index is 1.95. The summed E-state index contributed by atoms with van der Waals surface area (Å²) in [7, 11) is 3.55. The average molecular weight is 277 g/mol. The number of ether oxygens (including phenoxy) is 1. The molecule has 0 spiro atoms. The molecule has 2 heterocycles. The molecule has 0 N–H and O–H groups in total. The highest BCUT2D eigenvalue weighted by molar-refractivity contribution is 5.75. The number of halogens is 1. The second-order valence-corrected chi connectivity index (χ2v) is 5.91. The molecular formula is C16H20FNO2. The third-order valence-corrected chi connectivity index (χ3v) is 5.04. The van der Waals surface area contributed by atoms with Gasteiger partial charge in [0.15, 0.2) is 0 Å². The fourth-order valence-corrected chi connectivity index (χ4v) is 3.98. The van der Waals surface area contributed by atoms with E-state index in [0.717, 1.165) is 24.8 Å². The fraction of sp³-hybridized carbons (Fsp3) is 0.562. The van der Waals surface area contributed by atoms with E-state index in [1.165, 1.54) is 19.2 Å². The highest BCUT2D eigenvalue weighted by Gasteiger charge is 2.49. The Morgan fingerprint density at radius 1 is 1.30 bits per heavy atom. The van der Waals surface area contributed by atoms with Crippen LogP contribution in [0.5, 0.6) is 0 Å². The topological polar surface area (TPSA) is 29.5 Å². The lowest BCUT2D eigenvalue weighted by molar-refractivity contribution is -0.150. The molecule has 1 unspecified atom stereocenters. The van der Waals surface area contributed by atoms with Crippen molar-refractivity contribution in [1.82, 2.24) is 4.90 Å². The van der Waals surface area contributed by atoms with Crippen LogP contribution in [0.3, 0.4) is 0 Å². The van der Waals surface area contributed by atoms with E-state index in [4.69, 9.17) is 4.74 Å². The van der Waals surface area contributed by atoms with Crippen LogP contribution >= 0.6 is 0 Å². The molecule has 1 aromatic carbocycles. The molecule has 0 saturated carbocycles. The summed E-state index contributed by atoms with van der Waals surface area (Å²) in [6, 6.07) is 7.34. The van der Waals surface area contributed by atoms with Crippen LogP contribution in [-0.4, -0.2) is 37.1 Å². The Morgan fingerprint density at radius 2 is 2.00 bits per heavy atom. The Hall–Kier alpha value is -1.42. The Kier molecular flexibility index (Phi) is 3.50. The zero-order valence-electron chi connectivity index (χ0n) is 11.9. The van der Waals surface area contributed by atoms with Crippen LogP contribution in [0.15, 0.2) is 24.3 Å². The maximum atomic E-state index is 13.1. The summed E-state index contributed by atoms with van der Waals surface area (Å²) in [5, 5.41) is 0. The number of piperidine rings is 1. The van der Waals surface area contributed by atoms with Crippen LogP contribution < -0.4 is 0 Å². The standard InChI is InChI=1S/C16H20FNO2/c1-18-12-7-8-14(18)15(16(19)20-2)13(9-12)10-3-5-11(17)6-4-10/h3-6,12-15H,7-9H2,1-2H3/t12-,13?,14+,15-/m0/s1. The van der Waals surface area contributed by atoms with Crippen LogP contribution in [-0.2, 0) is 9.53 Å². The first-order chi connectivity index (χ1) is 9.61. The first kappa shape index (κ1) is 13.6. The summed E-state index contributed by atoms with van der Waals surface area (Å²) in [6.07, 6.45) is 3.11. The molecule has 0 aromatic heterocycles. The van der Waals surface area contributed by atoms with E-state index in [1.807, 2.05) is 0 Å². The molecule has 1 aromatic rings. The Bertz CT molecular complexity index is 502. The van der Waals surface area contributed by atoms with E-state index in [9.17, 15) is 9.18 Å². The number of esters is 1. The first-order valence-electron chi connectivity index (χ1n) is 7.17. The van der Waals surface area contributed by atoms with Crippen molar-refractivity contribution in [1.29, 1.82) is 0 Å². The molecule has 3 nitrogen and oxygen atoms in total. The molecule has 0 aliphatic carbocycles. The van der Waals surface area contributed by atoms with Crippen molar-refractivity contribution in [2.75, 3.05) is 14.2 Å². The predicted molar refractivity (Wildman–Crippen MR) is 73.8 cm³/mol. The highest BCUT2D eigenvalue weighted by Crippen LogP contribution is 2.46. The van der Waals surface area contributed by atoms with Crippen molar-refractivity contribution < 1.29 is 13.9 Å². The van der Waals surface area contributed by atoms with Gasteiger partial charge in [-0.3, -0.25) is 9.69 Å². The minimum absolute atomic E-state index is 0.136. The average Bonchev–Trinajstić information content (AvgIpc) is 2.70. The van der Waals surface area contributed by atoms with Crippen LogP contribution in [0.4, 0.5) is 4.39 Å². The summed E-state index contributed by atoms with van der Waals surface area (Å²) in [6.45, 7) is 0. The summed E-state index contributed by atoms with van der Waals surface area (Å²) < 4.78 is 18.1. The quantitative estimate of drug-likeness (QED) is 0.778. The third kappa shape index (κ3) is 2.12. The van der Waals surface area contributed by atoms with E-state index in [-0.39, 0.29) is 29.7 Å². The zero-order valence-corrected chi connectivity index (χ0v) is 11.9. The van der Waals surface area contributed by atoms with Gasteiger partial charge >= 0.3 is 5.97 Å². The second-order valence-electron chi connectivity index (χ2n) is 5.91. The van der Waals surface area contributed by atoms with Crippen LogP contribution in [0.25, 0.3) is 0 Å². The lowest BCUT2D eigenvalue weighted by Crippen LogP contribution is -2.49. The van der Waals surface area contributed by atoms with Gasteiger partial charge < -0.3 is 4.74 Å². The van der Waals surface area contributed by atoms with Gasteiger partial charge in [-0.15, -0.1) is 0 Å². The van der Waals surface area contributed by atoms with Gasteiger partial charge in [0.2, 0.25) is 0 Å². The molecule has 2 aliphatic rings. The Labute approximate surface area is 118 Å². The molecular weight excluding hydrogens is 257 g/mol. The van der Waals surface area contributed by atoms with Crippen LogP contribution in [0.1, 0.15) is 30.7 Å². The van der Waals surface area contributed by atoms with Gasteiger partial charge in [0, 0.05) is 18.0 Å². The molecule has 2 bridgehead atoms. The van der Waals surface area contributed by atoms with E-state index >= 15 is 0 Å². The van der Waals surface area contributed by atoms with Crippen molar-refractivity contribution in [3.8, 4) is 0 Å². The van der Waals surface area contributed by atoms with Crippen molar-refractivity contribution in [3.63, 3.8) is 0 Å². The molecule has 2 saturated heterocycles. The largest absolute Gasteiger partial charge is 0.469 e. The van der Waals surface area contributed by atoms with Gasteiger partial charge in [-0.25, -0.2) is 4.39 Å². The third-order valence-electron chi connectivity index (χ3n) is 5.04. The molecule has 4 heteroatoms. The van der Waals surface area contributed by atoms with Gasteiger partial charge in [-0.2, -0.15) is 0 Å². The molecule has 2 aliphatic heterocycles. The second kappa shape index (κ2) is 5.17. The van der Waals surface area contributed by atoms with E-state index in [2.05, 4.69) is 11.9 Å². The summed E-state index contributed by atoms with van der Waals surface area (Å²) in [5.74, 6) is -0.387. The number of hydrogen-bond donors (Lipinski definition) is 0. The number of benzene rings is 1. The Morgan fingerprint density at radius 3 is 2.65 bits per heavy atom. The number of fused-ring (bicyclic) bond motifs is 2. The maximum absolute atomic E-state index is 13.1. The van der Waals surface area contributed by atoms with Crippen molar-refractivity contribution in [2.45, 2.75) is 37.3 Å². The van der Waals surface area contributed by atoms with Gasteiger partial charge in [-0.1, -0.05) is 12.1 Å². The highest BCUT2D eigenvalue weighted by atomic mass is 19.1. The van der Waals surface area contributed by atoms with Crippen molar-refractivity contribution in [2.24, 2.45) is 5.92 Å². The normalized spacial score (nSPS) is 33.1. The minimum Gasteiger partial charge on any atom is -0.469 e. The zero-order chi connectivity index (χ0) is 14.3. The molecule has 108 valence electrons. The summed E-state index contributed by atoms with van der Waals surface area (Å²) in [5.41, 5.74) is 1.05. The van der Waals surface area contributed by atoms with E-state index < -0.39 is 0 Å². The molecule has 4 atom stereocenters. The van der Waals surface area contributed by atoms with Crippen LogP contribution in [0, 0.1) is 11.7 Å². The van der Waals surface area contributed by atoms with Gasteiger partial charge in [0.25, 0.3) is 0 Å². The summed E-state index contributed by atoms with van der Waals surface area (Å²) >= 11 is 0. The van der Waals surface area contributed by atoms with Crippen LogP contribution in [0.2, 0.25) is 0 Å². The van der Waals surface area contributed by atoms with Crippen molar-refractivity contribution in [3.05, 3.63) is 35.6 Å². The number of carbonyl (C=O) groups is 1. The number of methoxy groups -OCH3 is 1. The molecule has 0 radical (unpaired) electrons. The molecule has 20 heavy (non-hydrogen) atoms. The van der Waals surface area contributed by atoms with Gasteiger partial charge in [0.05, 0.1) is 13.0 Å². The number of hydrogen-bond acceptors (Lipinski definition) is 3. The first-order valence-corrected chi connectivity index (χ1v) is 7.17. The lowest BCUT2D eigenvalue weighted by Gasteiger charge is -2.41. The predicted octanol–water partition coefficient (Wildman–Crippen LogP) is 2.57. The SMILES string of the molecule is COC(=O)[C@H]1C(c2ccc(F)cc2)C[C@@H]2CC[C@H]1N2C. The van der Waals surface area contributed by atoms with Gasteiger partial charge in [-0.05, 0) is 44.0 Å². The fourth-order valence-electron chi connectivity index (χ4n) is 3.98. The number of carbonyl (C=O) groups excluding carboxylic acids is 1. The van der Waals surface area contributed by atoms with Gasteiger partial charge in [0.1, 0.15) is 5.82 Å². The van der Waals surface area contributed by atoms with Crippen molar-refractivity contribution >= 4 is 5.97 Å². The molecule has 0 amide bonds. The molecule has 2 fully saturated rings. The van der Waals surface area contributed by atoms with E-state index in [1.54, 1.807) is 12.1 Å². The minimum atomic E-state index is -0.237. The monoisotopic (exact) mass is 277 g/mol. The van der Waals surface area contributed by atoms with E-state index in [0.29, 0.717) is 6.04 Å². The lowest BCUT2D eigenvalue weighted by atomic mass is 9.76. The maximum Gasteiger partial charge on any atom is 0.310 e. The summed E-state index contributed by atoms with van der Waals surface area (Å²) in [4.78, 5) is 14.5. The number of rotatable bonds is 2. The number of nitrogens with zero attached hydrogens (tertiary/aromatic N) is 1.